The van der Waals surface area contributed by atoms with E-state index in [-0.39, 0.29) is 12.2 Å². The Labute approximate surface area is 220 Å². The normalized spacial score (nSPS) is 23.8. The minimum atomic E-state index is -0.647. The van der Waals surface area contributed by atoms with E-state index in [1.54, 1.807) is 25.1 Å². The van der Waals surface area contributed by atoms with Gasteiger partial charge in [0.25, 0.3) is 0 Å². The molecule has 2 heterocycles. The molecule has 0 spiro atoms. The maximum absolute atomic E-state index is 12.7. The fourth-order valence-corrected chi connectivity index (χ4v) is 5.94. The molecular formula is C27H42N4O6. The zero-order valence-corrected chi connectivity index (χ0v) is 23.6. The summed E-state index contributed by atoms with van der Waals surface area (Å²) in [6.07, 6.45) is 0.0857. The molecule has 1 amide bonds. The summed E-state index contributed by atoms with van der Waals surface area (Å²) in [5.41, 5.74) is -1.45. The largest absolute Gasteiger partial charge is 0.447 e. The molecule has 10 heteroatoms. The Balaban J connectivity index is 1.62. The molecule has 0 aliphatic carbocycles. The monoisotopic (exact) mass is 518 g/mol. The van der Waals surface area contributed by atoms with E-state index < -0.39 is 34.4 Å². The van der Waals surface area contributed by atoms with Crippen LogP contribution in [0.4, 0.5) is 10.5 Å². The van der Waals surface area contributed by atoms with E-state index in [0.29, 0.717) is 42.7 Å². The molecule has 10 nitrogen and oxygen atoms in total. The minimum absolute atomic E-state index is 0.340. The van der Waals surface area contributed by atoms with E-state index in [4.69, 9.17) is 19.6 Å². The average Bonchev–Trinajstić information content (AvgIpc) is 2.72. The topological polar surface area (TPSA) is 127 Å². The number of anilines is 1. The number of amides is 1. The Kier molecular flexibility index (Phi) is 7.92. The smallest absolute Gasteiger partial charge is 0.411 e. The van der Waals surface area contributed by atoms with Crippen LogP contribution in [0.1, 0.15) is 86.6 Å². The standard InChI is InChI=1S/C27H42N4O6/c1-17-20(29-23(32)36-19-15-26(6,7)31(34)27(8,9)16-19)11-10-12-21(17)37-22(28)35-18-13-24(2,3)30(33)25(4,5)14-18/h10-12,18-19,28H,13-16H2,1-9H3,(H,29,32). The maximum atomic E-state index is 12.7. The average molecular weight is 519 g/mol. The summed E-state index contributed by atoms with van der Waals surface area (Å²) < 4.78 is 17.2. The Morgan fingerprint density at radius 3 is 1.73 bits per heavy atom. The first kappa shape index (κ1) is 29.2. The summed E-state index contributed by atoms with van der Waals surface area (Å²) in [6, 6.07) is 5.11. The Hall–Kier alpha value is -2.40. The molecule has 3 rings (SSSR count). The molecular weight excluding hydrogens is 476 g/mol. The van der Waals surface area contributed by atoms with Gasteiger partial charge < -0.3 is 14.2 Å². The van der Waals surface area contributed by atoms with Crippen molar-refractivity contribution in [3.8, 4) is 5.75 Å². The molecule has 2 radical (unpaired) electrons. The van der Waals surface area contributed by atoms with E-state index >= 15 is 0 Å². The SMILES string of the molecule is Cc1c(NC(=O)OC2CC(C)(C)N([O])C(C)(C)C2)cccc1OC(=N)OC1CC(C)(C)N([O])C(C)(C)C1. The number of nitrogens with zero attached hydrogens (tertiary/aromatic N) is 2. The fourth-order valence-electron chi connectivity index (χ4n) is 5.94. The lowest BCUT2D eigenvalue weighted by molar-refractivity contribution is -0.297. The highest BCUT2D eigenvalue weighted by atomic mass is 16.7. The van der Waals surface area contributed by atoms with Crippen molar-refractivity contribution in [3.63, 3.8) is 0 Å². The van der Waals surface area contributed by atoms with Crippen molar-refractivity contribution in [2.75, 3.05) is 5.32 Å². The molecule has 1 aromatic carbocycles. The first-order valence-corrected chi connectivity index (χ1v) is 12.8. The van der Waals surface area contributed by atoms with E-state index in [1.165, 1.54) is 0 Å². The van der Waals surface area contributed by atoms with Gasteiger partial charge in [0.1, 0.15) is 18.0 Å². The number of benzene rings is 1. The Morgan fingerprint density at radius 2 is 1.27 bits per heavy atom. The van der Waals surface area contributed by atoms with Crippen molar-refractivity contribution in [2.24, 2.45) is 0 Å². The predicted molar refractivity (Wildman–Crippen MR) is 138 cm³/mol. The van der Waals surface area contributed by atoms with Crippen LogP contribution in [0.15, 0.2) is 18.2 Å². The van der Waals surface area contributed by atoms with Gasteiger partial charge in [-0.3, -0.25) is 5.32 Å². The van der Waals surface area contributed by atoms with Gasteiger partial charge in [0.05, 0.1) is 5.69 Å². The van der Waals surface area contributed by atoms with Crippen LogP contribution in [0, 0.1) is 12.3 Å². The second kappa shape index (κ2) is 10.1. The van der Waals surface area contributed by atoms with E-state index in [9.17, 15) is 15.2 Å². The van der Waals surface area contributed by atoms with Gasteiger partial charge in [-0.25, -0.2) is 10.2 Å². The van der Waals surface area contributed by atoms with Crippen LogP contribution >= 0.6 is 0 Å². The van der Waals surface area contributed by atoms with Crippen molar-refractivity contribution in [2.45, 2.75) is 122 Å². The van der Waals surface area contributed by atoms with E-state index in [0.717, 1.165) is 10.1 Å². The number of piperidine rings is 2. The third kappa shape index (κ3) is 6.54. The third-order valence-electron chi connectivity index (χ3n) is 7.38. The number of rotatable bonds is 4. The lowest BCUT2D eigenvalue weighted by Crippen LogP contribution is -2.60. The molecule has 2 saturated heterocycles. The molecule has 2 fully saturated rings. The van der Waals surface area contributed by atoms with Crippen molar-refractivity contribution in [1.29, 1.82) is 5.41 Å². The van der Waals surface area contributed by atoms with Crippen molar-refractivity contribution >= 4 is 17.9 Å². The molecule has 0 unspecified atom stereocenters. The number of hydrogen-bond donors (Lipinski definition) is 2. The Bertz CT molecular complexity index is 910. The Morgan fingerprint density at radius 1 is 0.838 bits per heavy atom. The number of hydroxylamine groups is 4. The van der Waals surface area contributed by atoms with Crippen LogP contribution in [-0.2, 0) is 19.9 Å². The van der Waals surface area contributed by atoms with Gasteiger partial charge in [-0.1, -0.05) is 6.07 Å². The van der Waals surface area contributed by atoms with Gasteiger partial charge in [-0.15, -0.1) is 20.5 Å². The minimum Gasteiger partial charge on any atom is -0.447 e. The van der Waals surface area contributed by atoms with Crippen LogP contribution in [0.5, 0.6) is 5.75 Å². The molecule has 206 valence electrons. The van der Waals surface area contributed by atoms with Crippen molar-refractivity contribution < 1.29 is 29.4 Å². The maximum Gasteiger partial charge on any atom is 0.411 e. The quantitative estimate of drug-likeness (QED) is 0.394. The molecule has 2 aliphatic heterocycles. The summed E-state index contributed by atoms with van der Waals surface area (Å²) in [4.78, 5) is 12.7. The third-order valence-corrected chi connectivity index (χ3v) is 7.38. The number of ether oxygens (including phenoxy) is 3. The lowest BCUT2D eigenvalue weighted by atomic mass is 9.80. The number of carbonyl (C=O) groups is 1. The molecule has 0 bridgehead atoms. The number of carbonyl (C=O) groups excluding carboxylic acids is 1. The zero-order chi connectivity index (χ0) is 28.0. The molecule has 0 atom stereocenters. The van der Waals surface area contributed by atoms with Gasteiger partial charge in [-0.05, 0) is 74.4 Å². The van der Waals surface area contributed by atoms with Gasteiger partial charge in [0.2, 0.25) is 0 Å². The van der Waals surface area contributed by atoms with Gasteiger partial charge >= 0.3 is 12.2 Å². The molecule has 0 saturated carbocycles. The second-order valence-electron chi connectivity index (χ2n) is 12.9. The molecule has 2 N–H and O–H groups in total. The molecule has 2 aliphatic rings. The van der Waals surface area contributed by atoms with E-state index in [2.05, 4.69) is 5.32 Å². The van der Waals surface area contributed by atoms with Crippen LogP contribution in [-0.4, -0.2) is 56.7 Å². The molecule has 0 aromatic heterocycles. The highest BCUT2D eigenvalue weighted by Gasteiger charge is 2.48. The van der Waals surface area contributed by atoms with Crippen LogP contribution in [0.25, 0.3) is 0 Å². The summed E-state index contributed by atoms with van der Waals surface area (Å²) in [7, 11) is 0. The van der Waals surface area contributed by atoms with E-state index in [1.807, 2.05) is 55.4 Å². The molecule has 37 heavy (non-hydrogen) atoms. The van der Waals surface area contributed by atoms with Gasteiger partial charge in [0, 0.05) is 53.4 Å². The van der Waals surface area contributed by atoms with Crippen LogP contribution < -0.4 is 10.1 Å². The summed E-state index contributed by atoms with van der Waals surface area (Å²) in [5.74, 6) is 0.365. The van der Waals surface area contributed by atoms with Gasteiger partial charge in [-0.2, -0.15) is 0 Å². The highest BCUT2D eigenvalue weighted by Crippen LogP contribution is 2.39. The van der Waals surface area contributed by atoms with Crippen molar-refractivity contribution in [3.05, 3.63) is 23.8 Å². The second-order valence-corrected chi connectivity index (χ2v) is 12.9. The summed E-state index contributed by atoms with van der Waals surface area (Å²) >= 11 is 0. The lowest BCUT2D eigenvalue weighted by Gasteiger charge is -2.49. The zero-order valence-electron chi connectivity index (χ0n) is 23.6. The first-order chi connectivity index (χ1) is 16.8. The summed E-state index contributed by atoms with van der Waals surface area (Å²) in [5, 5.41) is 38.4. The van der Waals surface area contributed by atoms with Crippen LogP contribution in [0.3, 0.4) is 0 Å². The van der Waals surface area contributed by atoms with Crippen molar-refractivity contribution in [1.82, 2.24) is 10.1 Å². The fraction of sp³-hybridized carbons (Fsp3) is 0.704. The first-order valence-electron chi connectivity index (χ1n) is 12.8. The highest BCUT2D eigenvalue weighted by molar-refractivity contribution is 5.86. The number of hydrogen-bond acceptors (Lipinski definition) is 7. The van der Waals surface area contributed by atoms with Gasteiger partial charge in [0.15, 0.2) is 0 Å². The molecule has 1 aromatic rings. The number of nitrogens with one attached hydrogen (secondary N) is 2. The summed E-state index contributed by atoms with van der Waals surface area (Å²) in [6.45, 7) is 16.6. The van der Waals surface area contributed by atoms with Crippen LogP contribution in [0.2, 0.25) is 0 Å². The predicted octanol–water partition coefficient (Wildman–Crippen LogP) is 5.61.